The number of allylic oxidation sites excluding steroid dienone is 2. The lowest BCUT2D eigenvalue weighted by molar-refractivity contribution is -0.116. The number of aliphatic hydroxyl groups is 1. The van der Waals surface area contributed by atoms with Crippen LogP contribution in [0.1, 0.15) is 36.3 Å². The Morgan fingerprint density at radius 2 is 1.82 bits per heavy atom. The molecule has 34 heavy (non-hydrogen) atoms. The molecule has 1 unspecified atom stereocenters. The van der Waals surface area contributed by atoms with Gasteiger partial charge >= 0.3 is 0 Å². The Labute approximate surface area is 201 Å². The Morgan fingerprint density at radius 3 is 2.50 bits per heavy atom. The van der Waals surface area contributed by atoms with Gasteiger partial charge in [-0.25, -0.2) is 4.39 Å². The minimum Gasteiger partial charge on any atom is -0.507 e. The van der Waals surface area contributed by atoms with E-state index in [1.807, 2.05) is 6.07 Å². The number of carbonyl (C=O) groups excluding carboxylic acids is 1. The van der Waals surface area contributed by atoms with Gasteiger partial charge in [-0.15, -0.1) is 0 Å². The zero-order valence-electron chi connectivity index (χ0n) is 18.1. The summed E-state index contributed by atoms with van der Waals surface area (Å²) >= 11 is 6.04. The van der Waals surface area contributed by atoms with Crippen LogP contribution in [0.5, 0.6) is 0 Å². The van der Waals surface area contributed by atoms with Gasteiger partial charge in [0.1, 0.15) is 17.4 Å². The first-order valence-electron chi connectivity index (χ1n) is 11.0. The number of hydrogen-bond donors (Lipinski definition) is 2. The highest BCUT2D eigenvalue weighted by Gasteiger charge is 2.43. The lowest BCUT2D eigenvalue weighted by atomic mass is 9.74. The van der Waals surface area contributed by atoms with E-state index in [1.54, 1.807) is 59.8 Å². The molecular formula is C27H21ClFN3O2. The maximum atomic E-state index is 13.7. The molecule has 1 aliphatic heterocycles. The molecule has 1 atom stereocenters. The van der Waals surface area contributed by atoms with Crippen LogP contribution in [0.4, 0.5) is 10.1 Å². The summed E-state index contributed by atoms with van der Waals surface area (Å²) in [5, 5.41) is 21.2. The normalized spacial score (nSPS) is 19.8. The number of hydrogen-bond acceptors (Lipinski definition) is 4. The van der Waals surface area contributed by atoms with Crippen LogP contribution in [0.15, 0.2) is 89.9 Å². The maximum absolute atomic E-state index is 13.7. The number of carbonyl (C=O) groups is 1. The molecular weight excluding hydrogens is 453 g/mol. The van der Waals surface area contributed by atoms with Gasteiger partial charge < -0.3 is 5.11 Å². The summed E-state index contributed by atoms with van der Waals surface area (Å²) in [6.07, 6.45) is 4.93. The van der Waals surface area contributed by atoms with Crippen molar-refractivity contribution in [2.24, 2.45) is 0 Å². The molecule has 0 fully saturated rings. The highest BCUT2D eigenvalue weighted by Crippen LogP contribution is 2.47. The average Bonchev–Trinajstić information content (AvgIpc) is 2.85. The molecule has 2 heterocycles. The predicted molar refractivity (Wildman–Crippen MR) is 130 cm³/mol. The summed E-state index contributed by atoms with van der Waals surface area (Å²) in [7, 11) is 0. The van der Waals surface area contributed by atoms with E-state index in [0.29, 0.717) is 52.4 Å². The van der Waals surface area contributed by atoms with E-state index >= 15 is 0 Å². The van der Waals surface area contributed by atoms with Gasteiger partial charge in [0.2, 0.25) is 0 Å². The standard InChI is InChI=1S/C27H21ClFN3O2/c28-18-8-6-16(7-9-18)26(34)25-23(17-3-2-14-31-15-17)24-21(4-1-5-22(24)33)32(27(25)30)20-12-10-19(29)11-13-20/h2-3,6-15,23,30,34H,1,4-5H2/b26-25+,30-27?. The topological polar surface area (TPSA) is 77.3 Å². The van der Waals surface area contributed by atoms with E-state index < -0.39 is 11.7 Å². The first-order chi connectivity index (χ1) is 16.5. The number of benzene rings is 2. The van der Waals surface area contributed by atoms with Crippen LogP contribution in [0, 0.1) is 11.2 Å². The number of pyridine rings is 1. The van der Waals surface area contributed by atoms with Crippen molar-refractivity contribution in [3.8, 4) is 0 Å². The number of aromatic nitrogens is 1. The van der Waals surface area contributed by atoms with Crippen molar-refractivity contribution < 1.29 is 14.3 Å². The highest BCUT2D eigenvalue weighted by atomic mass is 35.5. The van der Waals surface area contributed by atoms with Crippen LogP contribution < -0.4 is 4.90 Å². The molecule has 7 heteroatoms. The molecule has 0 saturated heterocycles. The fraction of sp³-hybridized carbons (Fsp3) is 0.148. The Bertz CT molecular complexity index is 1330. The summed E-state index contributed by atoms with van der Waals surface area (Å²) in [6, 6.07) is 16.1. The number of rotatable bonds is 3. The summed E-state index contributed by atoms with van der Waals surface area (Å²) in [4.78, 5) is 19.2. The van der Waals surface area contributed by atoms with Crippen molar-refractivity contribution in [2.45, 2.75) is 25.2 Å². The molecule has 5 nitrogen and oxygen atoms in total. The molecule has 1 aromatic heterocycles. The number of aliphatic hydroxyl groups excluding tert-OH is 1. The van der Waals surface area contributed by atoms with Gasteiger partial charge in [0, 0.05) is 57.8 Å². The van der Waals surface area contributed by atoms with Crippen LogP contribution in [-0.4, -0.2) is 21.7 Å². The monoisotopic (exact) mass is 473 g/mol. The Kier molecular flexibility index (Phi) is 5.75. The zero-order chi connectivity index (χ0) is 23.8. The van der Waals surface area contributed by atoms with Crippen LogP contribution >= 0.6 is 11.6 Å². The molecule has 170 valence electrons. The smallest absolute Gasteiger partial charge is 0.161 e. The van der Waals surface area contributed by atoms with Gasteiger partial charge in [0.05, 0.1) is 0 Å². The molecule has 2 aliphatic rings. The third-order valence-corrected chi connectivity index (χ3v) is 6.48. The van der Waals surface area contributed by atoms with Crippen molar-refractivity contribution in [1.82, 2.24) is 4.98 Å². The van der Waals surface area contributed by atoms with E-state index in [-0.39, 0.29) is 23.0 Å². The number of anilines is 1. The van der Waals surface area contributed by atoms with Gasteiger partial charge in [0.25, 0.3) is 0 Å². The summed E-state index contributed by atoms with van der Waals surface area (Å²) in [6.45, 7) is 0. The first-order valence-corrected chi connectivity index (χ1v) is 11.3. The minimum absolute atomic E-state index is 0.0290. The maximum Gasteiger partial charge on any atom is 0.161 e. The predicted octanol–water partition coefficient (Wildman–Crippen LogP) is 6.43. The van der Waals surface area contributed by atoms with Gasteiger partial charge in [-0.05, 0) is 73.0 Å². The van der Waals surface area contributed by atoms with E-state index in [0.717, 1.165) is 0 Å². The molecule has 5 rings (SSSR count). The molecule has 2 N–H and O–H groups in total. The highest BCUT2D eigenvalue weighted by molar-refractivity contribution is 6.30. The third-order valence-electron chi connectivity index (χ3n) is 6.23. The van der Waals surface area contributed by atoms with E-state index in [4.69, 9.17) is 11.6 Å². The lowest BCUT2D eigenvalue weighted by Crippen LogP contribution is -2.42. The molecule has 2 aromatic carbocycles. The summed E-state index contributed by atoms with van der Waals surface area (Å²) in [5.41, 5.74) is 3.27. The van der Waals surface area contributed by atoms with Crippen LogP contribution in [0.3, 0.4) is 0 Å². The number of amidine groups is 1. The quantitative estimate of drug-likeness (QED) is 0.429. The summed E-state index contributed by atoms with van der Waals surface area (Å²) in [5.74, 6) is -1.17. The average molecular weight is 474 g/mol. The fourth-order valence-corrected chi connectivity index (χ4v) is 4.84. The van der Waals surface area contributed by atoms with Crippen molar-refractivity contribution in [3.05, 3.63) is 112 Å². The van der Waals surface area contributed by atoms with Gasteiger partial charge in [-0.1, -0.05) is 17.7 Å². The minimum atomic E-state index is -0.656. The van der Waals surface area contributed by atoms with Gasteiger partial charge in [0.15, 0.2) is 5.78 Å². The first kappa shape index (κ1) is 22.0. The lowest BCUT2D eigenvalue weighted by Gasteiger charge is -2.41. The van der Waals surface area contributed by atoms with Crippen LogP contribution in [0.25, 0.3) is 5.76 Å². The Hall–Kier alpha value is -3.77. The van der Waals surface area contributed by atoms with Crippen LogP contribution in [-0.2, 0) is 4.79 Å². The number of Topliss-reactive ketones (excluding diaryl/α,β-unsaturated/α-hetero) is 1. The number of ketones is 1. The van der Waals surface area contributed by atoms with Crippen molar-refractivity contribution in [1.29, 1.82) is 5.41 Å². The summed E-state index contributed by atoms with van der Waals surface area (Å²) < 4.78 is 13.7. The van der Waals surface area contributed by atoms with E-state index in [2.05, 4.69) is 4.98 Å². The molecule has 0 radical (unpaired) electrons. The molecule has 0 spiro atoms. The van der Waals surface area contributed by atoms with Crippen LogP contribution in [0.2, 0.25) is 5.02 Å². The second-order valence-electron chi connectivity index (χ2n) is 8.29. The molecule has 1 aliphatic carbocycles. The largest absolute Gasteiger partial charge is 0.507 e. The number of nitrogens with one attached hydrogen (secondary N) is 1. The van der Waals surface area contributed by atoms with Gasteiger partial charge in [-0.3, -0.25) is 20.1 Å². The Morgan fingerprint density at radius 1 is 1.09 bits per heavy atom. The number of nitrogens with zero attached hydrogens (tertiary/aromatic N) is 2. The fourth-order valence-electron chi connectivity index (χ4n) is 4.71. The second kappa shape index (κ2) is 8.88. The Balaban J connectivity index is 1.81. The van der Waals surface area contributed by atoms with E-state index in [1.165, 1.54) is 12.1 Å². The molecule has 0 bridgehead atoms. The SMILES string of the molecule is N=C1/C(=C(/O)c2ccc(Cl)cc2)C(c2cccnc2)C2=C(CCCC2=O)N1c1ccc(F)cc1. The van der Waals surface area contributed by atoms with Gasteiger partial charge in [-0.2, -0.15) is 0 Å². The third kappa shape index (κ3) is 3.80. The molecule has 3 aromatic rings. The second-order valence-corrected chi connectivity index (χ2v) is 8.72. The zero-order valence-corrected chi connectivity index (χ0v) is 18.9. The van der Waals surface area contributed by atoms with Crippen molar-refractivity contribution in [2.75, 3.05) is 4.90 Å². The number of halogens is 2. The van der Waals surface area contributed by atoms with Crippen molar-refractivity contribution in [3.63, 3.8) is 0 Å². The van der Waals surface area contributed by atoms with E-state index in [9.17, 15) is 19.7 Å². The molecule has 0 amide bonds. The molecule has 0 saturated carbocycles. The van der Waals surface area contributed by atoms with Crippen molar-refractivity contribution >= 4 is 34.7 Å².